The minimum absolute atomic E-state index is 0.134. The van der Waals surface area contributed by atoms with Gasteiger partial charge in [0.05, 0.1) is 12.1 Å². The lowest BCUT2D eigenvalue weighted by molar-refractivity contribution is 0.320. The molecule has 0 bridgehead atoms. The maximum atomic E-state index is 9.01. The molecule has 0 aliphatic rings. The molecule has 0 saturated carbocycles. The van der Waals surface area contributed by atoms with E-state index in [-0.39, 0.29) is 6.61 Å². The molecule has 0 atom stereocenters. The zero-order valence-electron chi connectivity index (χ0n) is 7.32. The second-order valence-corrected chi connectivity index (χ2v) is 3.85. The third-order valence-electron chi connectivity index (χ3n) is 1.70. The minimum Gasteiger partial charge on any atom is -0.392 e. The van der Waals surface area contributed by atoms with Crippen LogP contribution in [0.3, 0.4) is 0 Å². The lowest BCUT2D eigenvalue weighted by Gasteiger charge is -2.06. The molecule has 1 heterocycles. The van der Waals surface area contributed by atoms with Gasteiger partial charge in [0.1, 0.15) is 0 Å². The summed E-state index contributed by atoms with van der Waals surface area (Å²) in [5.74, 6) is 0.400. The van der Waals surface area contributed by atoms with Crippen molar-refractivity contribution < 1.29 is 5.11 Å². The summed E-state index contributed by atoms with van der Waals surface area (Å²) >= 11 is 1.59. The van der Waals surface area contributed by atoms with E-state index in [2.05, 4.69) is 18.8 Å². The van der Waals surface area contributed by atoms with Gasteiger partial charge in [-0.3, -0.25) is 4.98 Å². The Labute approximate surface area is 76.6 Å². The Morgan fingerprint density at radius 3 is 2.92 bits per heavy atom. The van der Waals surface area contributed by atoms with E-state index in [1.807, 2.05) is 12.3 Å². The molecule has 1 aromatic rings. The van der Waals surface area contributed by atoms with Gasteiger partial charge in [0.2, 0.25) is 0 Å². The Balaban J connectivity index is 2.78. The molecule has 66 valence electrons. The van der Waals surface area contributed by atoms with E-state index in [0.29, 0.717) is 5.92 Å². The van der Waals surface area contributed by atoms with Crippen LogP contribution in [0.4, 0.5) is 0 Å². The number of nitrogens with zero attached hydrogens (tertiary/aromatic N) is 1. The van der Waals surface area contributed by atoms with Crippen molar-refractivity contribution >= 4 is 17.4 Å². The van der Waals surface area contributed by atoms with Crippen molar-refractivity contribution in [2.45, 2.75) is 13.8 Å². The van der Waals surface area contributed by atoms with E-state index < -0.39 is 0 Å². The van der Waals surface area contributed by atoms with Crippen molar-refractivity contribution in [2.75, 3.05) is 6.61 Å². The quantitative estimate of drug-likeness (QED) is 0.779. The first kappa shape index (κ1) is 9.42. The minimum atomic E-state index is 0.134. The molecule has 1 aromatic heterocycles. The molecule has 1 N–H and O–H groups in total. The van der Waals surface area contributed by atoms with Gasteiger partial charge >= 0.3 is 0 Å². The highest BCUT2D eigenvalue weighted by Gasteiger charge is 2.01. The smallest absolute Gasteiger partial charge is 0.0797 e. The molecular formula is C9H13NOS. The molecule has 0 aromatic carbocycles. The van der Waals surface area contributed by atoms with Gasteiger partial charge in [0, 0.05) is 11.1 Å². The highest BCUT2D eigenvalue weighted by Crippen LogP contribution is 2.16. The first-order chi connectivity index (χ1) is 5.74. The molecule has 0 saturated heterocycles. The number of aliphatic hydroxyl groups is 1. The molecule has 0 radical (unpaired) electrons. The van der Waals surface area contributed by atoms with E-state index in [4.69, 9.17) is 5.11 Å². The van der Waals surface area contributed by atoms with Gasteiger partial charge < -0.3 is 5.11 Å². The van der Waals surface area contributed by atoms with Crippen LogP contribution in [-0.2, 0) is 0 Å². The average Bonchev–Trinajstić information content (AvgIpc) is 2.51. The predicted molar refractivity (Wildman–Crippen MR) is 52.0 cm³/mol. The lowest BCUT2D eigenvalue weighted by atomic mass is 10.0. The summed E-state index contributed by atoms with van der Waals surface area (Å²) in [7, 11) is 0. The number of rotatable bonds is 3. The summed E-state index contributed by atoms with van der Waals surface area (Å²) in [5.41, 5.74) is 2.85. The second-order valence-electron chi connectivity index (χ2n) is 2.94. The van der Waals surface area contributed by atoms with Crippen LogP contribution in [0.15, 0.2) is 17.3 Å². The summed E-state index contributed by atoms with van der Waals surface area (Å²) in [6, 6.07) is 0. The van der Waals surface area contributed by atoms with Crippen LogP contribution < -0.4 is 0 Å². The van der Waals surface area contributed by atoms with Gasteiger partial charge in [-0.2, -0.15) is 0 Å². The molecule has 0 amide bonds. The van der Waals surface area contributed by atoms with E-state index >= 15 is 0 Å². The Bertz CT molecular complexity index is 252. The summed E-state index contributed by atoms with van der Waals surface area (Å²) in [4.78, 5) is 5.07. The largest absolute Gasteiger partial charge is 0.392 e. The fourth-order valence-electron chi connectivity index (χ4n) is 0.875. The van der Waals surface area contributed by atoms with Crippen molar-refractivity contribution in [1.82, 2.24) is 4.98 Å². The average molecular weight is 183 g/mol. The van der Waals surface area contributed by atoms with Gasteiger partial charge in [-0.1, -0.05) is 13.8 Å². The predicted octanol–water partition coefficient (Wildman–Crippen LogP) is 2.17. The van der Waals surface area contributed by atoms with Gasteiger partial charge in [0.25, 0.3) is 0 Å². The molecule has 0 spiro atoms. The number of hydrogen-bond acceptors (Lipinski definition) is 3. The topological polar surface area (TPSA) is 33.1 Å². The van der Waals surface area contributed by atoms with Crippen molar-refractivity contribution in [3.8, 4) is 0 Å². The van der Waals surface area contributed by atoms with Gasteiger partial charge in [0.15, 0.2) is 0 Å². The van der Waals surface area contributed by atoms with Crippen LogP contribution in [0.25, 0.3) is 6.08 Å². The molecule has 2 nitrogen and oxygen atoms in total. The molecule has 0 aliphatic carbocycles. The third kappa shape index (κ3) is 2.43. The maximum Gasteiger partial charge on any atom is 0.0797 e. The Morgan fingerprint density at radius 2 is 2.50 bits per heavy atom. The number of aliphatic hydroxyl groups excluding tert-OH is 1. The van der Waals surface area contributed by atoms with Crippen LogP contribution in [-0.4, -0.2) is 16.7 Å². The highest BCUT2D eigenvalue weighted by molar-refractivity contribution is 7.10. The van der Waals surface area contributed by atoms with Crippen molar-refractivity contribution in [2.24, 2.45) is 5.92 Å². The number of hydrogen-bond donors (Lipinski definition) is 1. The van der Waals surface area contributed by atoms with Crippen molar-refractivity contribution in [3.63, 3.8) is 0 Å². The molecule has 3 heteroatoms. The molecule has 1 rings (SSSR count). The number of aromatic nitrogens is 1. The standard InChI is InChI=1S/C9H13NOS/c1-7(2)8(5-11)3-9-4-10-6-12-9/h3-4,6-7,11H,5H2,1-2H3. The van der Waals surface area contributed by atoms with Crippen molar-refractivity contribution in [3.05, 3.63) is 22.2 Å². The van der Waals surface area contributed by atoms with Gasteiger partial charge in [-0.25, -0.2) is 0 Å². The third-order valence-corrected chi connectivity index (χ3v) is 2.43. The zero-order valence-corrected chi connectivity index (χ0v) is 8.14. The summed E-state index contributed by atoms with van der Waals surface area (Å²) in [6.07, 6.45) is 3.81. The summed E-state index contributed by atoms with van der Waals surface area (Å²) < 4.78 is 0. The fraction of sp³-hybridized carbons (Fsp3) is 0.444. The van der Waals surface area contributed by atoms with Crippen LogP contribution in [0.2, 0.25) is 0 Å². The van der Waals surface area contributed by atoms with Gasteiger partial charge in [-0.15, -0.1) is 11.3 Å². The molecule has 0 unspecified atom stereocenters. The van der Waals surface area contributed by atoms with E-state index in [1.165, 1.54) is 0 Å². The SMILES string of the molecule is CC(C)C(=Cc1cncs1)CO. The molecule has 12 heavy (non-hydrogen) atoms. The lowest BCUT2D eigenvalue weighted by Crippen LogP contribution is -1.98. The van der Waals surface area contributed by atoms with E-state index in [1.54, 1.807) is 16.8 Å². The fourth-order valence-corrected chi connectivity index (χ4v) is 1.46. The maximum absolute atomic E-state index is 9.01. The zero-order chi connectivity index (χ0) is 8.97. The van der Waals surface area contributed by atoms with Gasteiger partial charge in [-0.05, 0) is 17.6 Å². The first-order valence-corrected chi connectivity index (χ1v) is 4.82. The van der Waals surface area contributed by atoms with Crippen LogP contribution in [0.5, 0.6) is 0 Å². The summed E-state index contributed by atoms with van der Waals surface area (Å²) in [5, 5.41) is 9.01. The molecular weight excluding hydrogens is 170 g/mol. The van der Waals surface area contributed by atoms with Crippen LogP contribution in [0.1, 0.15) is 18.7 Å². The van der Waals surface area contributed by atoms with E-state index in [0.717, 1.165) is 10.5 Å². The second kappa shape index (κ2) is 4.38. The van der Waals surface area contributed by atoms with Crippen molar-refractivity contribution in [1.29, 1.82) is 0 Å². The monoisotopic (exact) mass is 183 g/mol. The van der Waals surface area contributed by atoms with Crippen LogP contribution >= 0.6 is 11.3 Å². The molecule has 0 aliphatic heterocycles. The normalized spacial score (nSPS) is 12.5. The number of thiazole rings is 1. The Kier molecular flexibility index (Phi) is 3.44. The highest BCUT2D eigenvalue weighted by atomic mass is 32.1. The molecule has 0 fully saturated rings. The Hall–Kier alpha value is -0.670. The summed E-state index contributed by atoms with van der Waals surface area (Å²) in [6.45, 7) is 4.28. The van der Waals surface area contributed by atoms with Crippen LogP contribution in [0, 0.1) is 5.92 Å². The van der Waals surface area contributed by atoms with E-state index in [9.17, 15) is 0 Å². The first-order valence-electron chi connectivity index (χ1n) is 3.94. The Morgan fingerprint density at radius 1 is 1.75 bits per heavy atom.